The molecular formula is C15H19N7OS. The number of rotatable bonds is 5. The molecular weight excluding hydrogens is 326 g/mol. The second-order valence-corrected chi connectivity index (χ2v) is 6.80. The van der Waals surface area contributed by atoms with Gasteiger partial charge in [-0.3, -0.25) is 14.5 Å². The van der Waals surface area contributed by atoms with Gasteiger partial charge in [0.1, 0.15) is 5.01 Å². The van der Waals surface area contributed by atoms with Crippen molar-refractivity contribution in [3.63, 3.8) is 0 Å². The summed E-state index contributed by atoms with van der Waals surface area (Å²) in [6.45, 7) is 8.01. The fourth-order valence-corrected chi connectivity index (χ4v) is 3.40. The van der Waals surface area contributed by atoms with Crippen molar-refractivity contribution < 1.29 is 4.79 Å². The molecule has 1 atom stereocenters. The Morgan fingerprint density at radius 3 is 2.83 bits per heavy atom. The quantitative estimate of drug-likeness (QED) is 0.763. The van der Waals surface area contributed by atoms with Gasteiger partial charge in [0.05, 0.1) is 0 Å². The van der Waals surface area contributed by atoms with Gasteiger partial charge < -0.3 is 0 Å². The van der Waals surface area contributed by atoms with Crippen LogP contribution in [-0.2, 0) is 0 Å². The molecule has 9 heteroatoms. The van der Waals surface area contributed by atoms with E-state index in [0.717, 1.165) is 29.2 Å². The summed E-state index contributed by atoms with van der Waals surface area (Å²) >= 11 is 1.39. The lowest BCUT2D eigenvalue weighted by Crippen LogP contribution is -2.16. The van der Waals surface area contributed by atoms with Crippen molar-refractivity contribution in [1.82, 2.24) is 29.8 Å². The first-order valence-electron chi connectivity index (χ1n) is 7.83. The lowest BCUT2D eigenvalue weighted by atomic mass is 10.1. The topological polar surface area (TPSA) is 98.0 Å². The normalized spacial score (nSPS) is 12.5. The highest BCUT2D eigenvalue weighted by atomic mass is 32.1. The summed E-state index contributed by atoms with van der Waals surface area (Å²) in [6.07, 6.45) is 2.13. The number of anilines is 1. The van der Waals surface area contributed by atoms with E-state index in [0.29, 0.717) is 16.8 Å². The molecule has 3 rings (SSSR count). The Bertz CT molecular complexity index is 885. The van der Waals surface area contributed by atoms with Crippen LogP contribution in [0, 0.1) is 13.8 Å². The lowest BCUT2D eigenvalue weighted by molar-refractivity contribution is 0.101. The number of amides is 1. The third kappa shape index (κ3) is 3.12. The minimum atomic E-state index is -0.373. The summed E-state index contributed by atoms with van der Waals surface area (Å²) in [5.74, 6) is 0.559. The van der Waals surface area contributed by atoms with E-state index in [2.05, 4.69) is 44.5 Å². The van der Waals surface area contributed by atoms with Gasteiger partial charge in [0.25, 0.3) is 11.7 Å². The van der Waals surface area contributed by atoms with Crippen LogP contribution in [0.15, 0.2) is 6.07 Å². The SMILES string of the molecule is CCCC(C)c1nnc(NC(=O)c2nnc3nc(C)cc(C)n23)s1. The maximum Gasteiger partial charge on any atom is 0.295 e. The number of carbonyl (C=O) groups is 1. The number of fused-ring (bicyclic) bond motifs is 1. The van der Waals surface area contributed by atoms with Crippen LogP contribution in [0.5, 0.6) is 0 Å². The maximum atomic E-state index is 12.5. The van der Waals surface area contributed by atoms with Crippen molar-refractivity contribution in [2.24, 2.45) is 0 Å². The van der Waals surface area contributed by atoms with Gasteiger partial charge in [-0.15, -0.1) is 20.4 Å². The number of aryl methyl sites for hydroxylation is 2. The van der Waals surface area contributed by atoms with E-state index in [4.69, 9.17) is 0 Å². The van der Waals surface area contributed by atoms with Crippen molar-refractivity contribution >= 4 is 28.2 Å². The first-order chi connectivity index (χ1) is 11.5. The number of nitrogens with one attached hydrogen (secondary N) is 1. The Morgan fingerprint density at radius 2 is 2.08 bits per heavy atom. The molecule has 3 heterocycles. The fourth-order valence-electron chi connectivity index (χ4n) is 2.57. The van der Waals surface area contributed by atoms with E-state index >= 15 is 0 Å². The van der Waals surface area contributed by atoms with Crippen LogP contribution in [-0.4, -0.2) is 35.7 Å². The monoisotopic (exact) mass is 345 g/mol. The van der Waals surface area contributed by atoms with Crippen LogP contribution in [0.3, 0.4) is 0 Å². The predicted octanol–water partition coefficient (Wildman–Crippen LogP) is 2.75. The Kier molecular flexibility index (Phi) is 4.52. The summed E-state index contributed by atoms with van der Waals surface area (Å²) in [5.41, 5.74) is 1.68. The van der Waals surface area contributed by atoms with Crippen molar-refractivity contribution in [2.75, 3.05) is 5.32 Å². The van der Waals surface area contributed by atoms with Crippen molar-refractivity contribution in [2.45, 2.75) is 46.5 Å². The molecule has 0 aromatic carbocycles. The molecule has 0 saturated carbocycles. The molecule has 8 nitrogen and oxygen atoms in total. The van der Waals surface area contributed by atoms with Gasteiger partial charge >= 0.3 is 0 Å². The fraction of sp³-hybridized carbons (Fsp3) is 0.467. The van der Waals surface area contributed by atoms with Gasteiger partial charge in [-0.25, -0.2) is 4.98 Å². The second kappa shape index (κ2) is 6.60. The molecule has 3 aromatic heterocycles. The largest absolute Gasteiger partial charge is 0.295 e. The molecule has 0 aliphatic carbocycles. The number of hydrogen-bond donors (Lipinski definition) is 1. The molecule has 126 valence electrons. The minimum Gasteiger partial charge on any atom is -0.294 e. The van der Waals surface area contributed by atoms with Gasteiger partial charge in [-0.05, 0) is 26.3 Å². The zero-order valence-corrected chi connectivity index (χ0v) is 14.9. The molecule has 0 aliphatic rings. The van der Waals surface area contributed by atoms with Crippen molar-refractivity contribution in [1.29, 1.82) is 0 Å². The number of aromatic nitrogens is 6. The first kappa shape index (κ1) is 16.4. The van der Waals surface area contributed by atoms with Crippen LogP contribution < -0.4 is 5.32 Å². The van der Waals surface area contributed by atoms with E-state index in [9.17, 15) is 4.79 Å². The third-order valence-corrected chi connectivity index (χ3v) is 4.77. The standard InChI is InChI=1S/C15H19N7OS/c1-5-6-8(2)13-19-21-15(24-13)17-12(23)11-18-20-14-16-9(3)7-10(4)22(11)14/h7-8H,5-6H2,1-4H3,(H,17,21,23). The zero-order chi connectivity index (χ0) is 17.3. The molecule has 1 unspecified atom stereocenters. The Balaban J connectivity index is 1.83. The molecule has 1 N–H and O–H groups in total. The average Bonchev–Trinajstić information content (AvgIpc) is 3.14. The van der Waals surface area contributed by atoms with Gasteiger partial charge in [0.15, 0.2) is 0 Å². The molecule has 0 aliphatic heterocycles. The van der Waals surface area contributed by atoms with E-state index in [-0.39, 0.29) is 11.7 Å². The zero-order valence-electron chi connectivity index (χ0n) is 14.1. The van der Waals surface area contributed by atoms with Gasteiger partial charge in [-0.1, -0.05) is 31.6 Å². The third-order valence-electron chi connectivity index (χ3n) is 3.70. The smallest absolute Gasteiger partial charge is 0.294 e. The summed E-state index contributed by atoms with van der Waals surface area (Å²) in [6, 6.07) is 1.88. The van der Waals surface area contributed by atoms with Gasteiger partial charge in [0.2, 0.25) is 11.0 Å². The number of hydrogen-bond acceptors (Lipinski definition) is 7. The molecule has 0 bridgehead atoms. The van der Waals surface area contributed by atoms with Crippen LogP contribution in [0.4, 0.5) is 5.13 Å². The maximum absolute atomic E-state index is 12.5. The van der Waals surface area contributed by atoms with E-state index in [1.165, 1.54) is 11.3 Å². The Morgan fingerprint density at radius 1 is 1.29 bits per heavy atom. The summed E-state index contributed by atoms with van der Waals surface area (Å²) in [7, 11) is 0. The predicted molar refractivity (Wildman–Crippen MR) is 91.4 cm³/mol. The molecule has 0 saturated heterocycles. The van der Waals surface area contributed by atoms with Crippen LogP contribution in [0.1, 0.15) is 59.6 Å². The molecule has 24 heavy (non-hydrogen) atoms. The van der Waals surface area contributed by atoms with Crippen LogP contribution in [0.25, 0.3) is 5.78 Å². The molecule has 3 aromatic rings. The minimum absolute atomic E-state index is 0.188. The van der Waals surface area contributed by atoms with Gasteiger partial charge in [0, 0.05) is 17.3 Å². The number of nitrogens with zero attached hydrogens (tertiary/aromatic N) is 6. The van der Waals surface area contributed by atoms with Crippen LogP contribution in [0.2, 0.25) is 0 Å². The average molecular weight is 345 g/mol. The summed E-state index contributed by atoms with van der Waals surface area (Å²) in [5, 5.41) is 20.3. The highest BCUT2D eigenvalue weighted by molar-refractivity contribution is 7.15. The molecule has 0 fully saturated rings. The van der Waals surface area contributed by atoms with E-state index in [1.54, 1.807) is 4.40 Å². The second-order valence-electron chi connectivity index (χ2n) is 5.79. The highest BCUT2D eigenvalue weighted by Crippen LogP contribution is 2.26. The first-order valence-corrected chi connectivity index (χ1v) is 8.65. The van der Waals surface area contributed by atoms with E-state index in [1.807, 2.05) is 19.9 Å². The number of carbonyl (C=O) groups excluding carboxylic acids is 1. The van der Waals surface area contributed by atoms with Crippen LogP contribution >= 0.6 is 11.3 Å². The molecule has 1 amide bonds. The van der Waals surface area contributed by atoms with E-state index < -0.39 is 0 Å². The lowest BCUT2D eigenvalue weighted by Gasteiger charge is -2.04. The summed E-state index contributed by atoms with van der Waals surface area (Å²) < 4.78 is 1.63. The van der Waals surface area contributed by atoms with Crippen molar-refractivity contribution in [3.05, 3.63) is 28.3 Å². The van der Waals surface area contributed by atoms with Gasteiger partial charge in [-0.2, -0.15) is 0 Å². The molecule has 0 spiro atoms. The highest BCUT2D eigenvalue weighted by Gasteiger charge is 2.19. The van der Waals surface area contributed by atoms with Crippen molar-refractivity contribution in [3.8, 4) is 0 Å². The summed E-state index contributed by atoms with van der Waals surface area (Å²) in [4.78, 5) is 16.8. The Hall–Kier alpha value is -2.42. The molecule has 0 radical (unpaired) electrons. The Labute approximate surface area is 143 Å².